The second kappa shape index (κ2) is 5.26. The lowest BCUT2D eigenvalue weighted by atomic mass is 9.98. The summed E-state index contributed by atoms with van der Waals surface area (Å²) in [6.07, 6.45) is -3.40. The fourth-order valence-corrected chi connectivity index (χ4v) is 2.25. The molecule has 20 heavy (non-hydrogen) atoms. The van der Waals surface area contributed by atoms with Crippen LogP contribution in [0.2, 0.25) is 0 Å². The van der Waals surface area contributed by atoms with E-state index in [0.717, 1.165) is 6.07 Å². The molecule has 1 fully saturated rings. The average molecular weight is 289 g/mol. The summed E-state index contributed by atoms with van der Waals surface area (Å²) < 4.78 is 38.2. The number of carboxylic acid groups (broad SMARTS) is 1. The number of aryl methyl sites for hydroxylation is 1. The van der Waals surface area contributed by atoms with Gasteiger partial charge in [-0.2, -0.15) is 13.2 Å². The van der Waals surface area contributed by atoms with Crippen molar-refractivity contribution in [3.8, 4) is 0 Å². The maximum absolute atomic E-state index is 12.7. The van der Waals surface area contributed by atoms with Crippen molar-refractivity contribution in [1.82, 2.24) is 9.97 Å². The molecule has 110 valence electrons. The Balaban J connectivity index is 2.28. The summed E-state index contributed by atoms with van der Waals surface area (Å²) in [5.74, 6) is -1.35. The van der Waals surface area contributed by atoms with E-state index in [2.05, 4.69) is 9.97 Å². The molecule has 1 aliphatic heterocycles. The highest BCUT2D eigenvalue weighted by Crippen LogP contribution is 2.30. The number of piperidine rings is 1. The van der Waals surface area contributed by atoms with Crippen LogP contribution < -0.4 is 4.90 Å². The fourth-order valence-electron chi connectivity index (χ4n) is 2.25. The zero-order valence-electron chi connectivity index (χ0n) is 10.8. The van der Waals surface area contributed by atoms with Crippen molar-refractivity contribution in [2.45, 2.75) is 25.9 Å². The number of hydrogen-bond acceptors (Lipinski definition) is 4. The molecule has 0 aromatic carbocycles. The van der Waals surface area contributed by atoms with Gasteiger partial charge in [0.1, 0.15) is 17.3 Å². The zero-order valence-corrected chi connectivity index (χ0v) is 10.8. The Hall–Kier alpha value is -1.86. The van der Waals surface area contributed by atoms with E-state index in [4.69, 9.17) is 5.11 Å². The highest BCUT2D eigenvalue weighted by molar-refractivity contribution is 5.71. The first-order valence-corrected chi connectivity index (χ1v) is 6.18. The molecule has 5 nitrogen and oxygen atoms in total. The van der Waals surface area contributed by atoms with Crippen LogP contribution in [0.15, 0.2) is 6.07 Å². The minimum atomic E-state index is -4.54. The molecule has 1 saturated heterocycles. The van der Waals surface area contributed by atoms with Crippen LogP contribution in [0.3, 0.4) is 0 Å². The Morgan fingerprint density at radius 2 is 2.15 bits per heavy atom. The molecule has 8 heteroatoms. The second-order valence-electron chi connectivity index (χ2n) is 4.78. The minimum absolute atomic E-state index is 0.0206. The van der Waals surface area contributed by atoms with Crippen LogP contribution in [0.1, 0.15) is 24.4 Å². The van der Waals surface area contributed by atoms with Gasteiger partial charge in [0.15, 0.2) is 0 Å². The van der Waals surface area contributed by atoms with E-state index in [1.807, 2.05) is 0 Å². The molecule has 0 aliphatic carbocycles. The number of hydrogen-bond donors (Lipinski definition) is 1. The van der Waals surface area contributed by atoms with Crippen LogP contribution >= 0.6 is 0 Å². The number of rotatable bonds is 2. The Morgan fingerprint density at radius 1 is 1.45 bits per heavy atom. The largest absolute Gasteiger partial charge is 0.481 e. The lowest BCUT2D eigenvalue weighted by Crippen LogP contribution is -2.39. The molecule has 2 rings (SSSR count). The van der Waals surface area contributed by atoms with Gasteiger partial charge in [-0.3, -0.25) is 4.79 Å². The van der Waals surface area contributed by atoms with Crippen molar-refractivity contribution in [3.63, 3.8) is 0 Å². The van der Waals surface area contributed by atoms with E-state index in [0.29, 0.717) is 19.4 Å². The first kappa shape index (κ1) is 14.5. The Bertz CT molecular complexity index is 519. The highest BCUT2D eigenvalue weighted by Gasteiger charge is 2.34. The van der Waals surface area contributed by atoms with Crippen molar-refractivity contribution in [2.75, 3.05) is 18.0 Å². The quantitative estimate of drug-likeness (QED) is 0.903. The zero-order chi connectivity index (χ0) is 14.9. The lowest BCUT2D eigenvalue weighted by molar-refractivity contribution is -0.142. The normalized spacial score (nSPS) is 20.0. The van der Waals surface area contributed by atoms with Crippen LogP contribution in [0.25, 0.3) is 0 Å². The molecule has 1 aromatic rings. The molecule has 2 heterocycles. The molecule has 1 N–H and O–H groups in total. The number of alkyl halides is 3. The first-order valence-electron chi connectivity index (χ1n) is 6.18. The van der Waals surface area contributed by atoms with Gasteiger partial charge in [-0.05, 0) is 19.8 Å². The topological polar surface area (TPSA) is 66.3 Å². The minimum Gasteiger partial charge on any atom is -0.481 e. The molecule has 0 spiro atoms. The third kappa shape index (κ3) is 3.17. The van der Waals surface area contributed by atoms with Gasteiger partial charge >= 0.3 is 12.1 Å². The number of halogens is 3. The smallest absolute Gasteiger partial charge is 0.433 e. The van der Waals surface area contributed by atoms with Crippen molar-refractivity contribution >= 4 is 11.8 Å². The standard InChI is InChI=1S/C12H14F3N3O2/c1-7-16-9(12(13,14)15)5-10(17-7)18-4-2-3-8(6-18)11(19)20/h5,8H,2-4,6H2,1H3,(H,19,20)/t8-/m1/s1. The Morgan fingerprint density at radius 3 is 2.75 bits per heavy atom. The van der Waals surface area contributed by atoms with Crippen molar-refractivity contribution in [1.29, 1.82) is 0 Å². The van der Waals surface area contributed by atoms with E-state index in [1.165, 1.54) is 6.92 Å². The lowest BCUT2D eigenvalue weighted by Gasteiger charge is -2.31. The molecule has 1 aliphatic rings. The third-order valence-corrected chi connectivity index (χ3v) is 3.21. The summed E-state index contributed by atoms with van der Waals surface area (Å²) in [6, 6.07) is 0.872. The number of aliphatic carboxylic acids is 1. The summed E-state index contributed by atoms with van der Waals surface area (Å²) in [4.78, 5) is 19.9. The maximum atomic E-state index is 12.7. The summed E-state index contributed by atoms with van der Waals surface area (Å²) in [7, 11) is 0. The van der Waals surface area contributed by atoms with E-state index >= 15 is 0 Å². The number of aromatic nitrogens is 2. The summed E-state index contributed by atoms with van der Waals surface area (Å²) >= 11 is 0. The maximum Gasteiger partial charge on any atom is 0.433 e. The predicted octanol–water partition coefficient (Wildman–Crippen LogP) is 2.10. The van der Waals surface area contributed by atoms with Gasteiger partial charge in [0.2, 0.25) is 0 Å². The number of nitrogens with zero attached hydrogens (tertiary/aromatic N) is 3. The number of carbonyl (C=O) groups is 1. The molecular weight excluding hydrogens is 275 g/mol. The second-order valence-corrected chi connectivity index (χ2v) is 4.78. The molecule has 0 bridgehead atoms. The average Bonchev–Trinajstić information content (AvgIpc) is 2.37. The van der Waals surface area contributed by atoms with Gasteiger partial charge in [0.25, 0.3) is 0 Å². The van der Waals surface area contributed by atoms with E-state index in [-0.39, 0.29) is 18.2 Å². The van der Waals surface area contributed by atoms with Crippen molar-refractivity contribution < 1.29 is 23.1 Å². The SMILES string of the molecule is Cc1nc(N2CCC[C@@H](C(=O)O)C2)cc(C(F)(F)F)n1. The van der Waals surface area contributed by atoms with Crippen LogP contribution in [-0.4, -0.2) is 34.1 Å². The Labute approximate surface area is 113 Å². The summed E-state index contributed by atoms with van der Waals surface area (Å²) in [5, 5.41) is 9.00. The molecule has 0 saturated carbocycles. The van der Waals surface area contributed by atoms with Gasteiger partial charge in [0.05, 0.1) is 5.92 Å². The first-order chi connectivity index (χ1) is 9.27. The molecule has 1 aromatic heterocycles. The van der Waals surface area contributed by atoms with Crippen LogP contribution in [0.4, 0.5) is 19.0 Å². The van der Waals surface area contributed by atoms with Crippen LogP contribution in [0, 0.1) is 12.8 Å². The number of anilines is 1. The monoisotopic (exact) mass is 289 g/mol. The van der Waals surface area contributed by atoms with Gasteiger partial charge in [-0.15, -0.1) is 0 Å². The molecule has 0 unspecified atom stereocenters. The van der Waals surface area contributed by atoms with Crippen LogP contribution in [0.5, 0.6) is 0 Å². The van der Waals surface area contributed by atoms with E-state index in [9.17, 15) is 18.0 Å². The molecule has 1 atom stereocenters. The van der Waals surface area contributed by atoms with E-state index in [1.54, 1.807) is 4.90 Å². The number of carboxylic acids is 1. The van der Waals surface area contributed by atoms with Crippen LogP contribution in [-0.2, 0) is 11.0 Å². The predicted molar refractivity (Wildman–Crippen MR) is 64.3 cm³/mol. The summed E-state index contributed by atoms with van der Waals surface area (Å²) in [5.41, 5.74) is -1.00. The fraction of sp³-hybridized carbons (Fsp3) is 0.583. The molecule has 0 radical (unpaired) electrons. The molecule has 0 amide bonds. The van der Waals surface area contributed by atoms with Gasteiger partial charge in [-0.1, -0.05) is 0 Å². The van der Waals surface area contributed by atoms with Crippen molar-refractivity contribution in [2.24, 2.45) is 5.92 Å². The van der Waals surface area contributed by atoms with Crippen molar-refractivity contribution in [3.05, 3.63) is 17.6 Å². The Kier molecular flexibility index (Phi) is 3.82. The molecular formula is C12H14F3N3O2. The van der Waals surface area contributed by atoms with Gasteiger partial charge in [0, 0.05) is 19.2 Å². The third-order valence-electron chi connectivity index (χ3n) is 3.21. The summed E-state index contributed by atoms with van der Waals surface area (Å²) in [6.45, 7) is 2.05. The van der Waals surface area contributed by atoms with Gasteiger partial charge in [-0.25, -0.2) is 9.97 Å². The highest BCUT2D eigenvalue weighted by atomic mass is 19.4. The van der Waals surface area contributed by atoms with E-state index < -0.39 is 23.8 Å². The van der Waals surface area contributed by atoms with Gasteiger partial charge < -0.3 is 10.0 Å².